The number of aliphatic carboxylic acids is 1. The van der Waals surface area contributed by atoms with Crippen molar-refractivity contribution < 1.29 is 27.9 Å². The SMILES string of the molecule is CC(N(C)C(=O)N(CC(=O)O)CC(F)(F)F)C(C)(C)C. The van der Waals surface area contributed by atoms with Gasteiger partial charge < -0.3 is 14.9 Å². The Balaban J connectivity index is 5.08. The number of nitrogens with zero attached hydrogens (tertiary/aromatic N) is 2. The topological polar surface area (TPSA) is 60.9 Å². The molecule has 0 fully saturated rings. The van der Waals surface area contributed by atoms with Crippen molar-refractivity contribution in [3.05, 3.63) is 0 Å². The number of amides is 2. The summed E-state index contributed by atoms with van der Waals surface area (Å²) in [5.41, 5.74) is -0.336. The van der Waals surface area contributed by atoms with E-state index in [9.17, 15) is 22.8 Å². The van der Waals surface area contributed by atoms with Crippen LogP contribution in [0.15, 0.2) is 0 Å². The van der Waals surface area contributed by atoms with Crippen molar-refractivity contribution in [2.24, 2.45) is 5.41 Å². The Morgan fingerprint density at radius 3 is 1.95 bits per heavy atom. The Morgan fingerprint density at radius 1 is 1.20 bits per heavy atom. The summed E-state index contributed by atoms with van der Waals surface area (Å²) < 4.78 is 37.2. The molecule has 1 N–H and O–H groups in total. The van der Waals surface area contributed by atoms with Crippen LogP contribution in [-0.2, 0) is 4.79 Å². The Bertz CT molecular complexity index is 364. The number of carboxylic acids is 1. The second kappa shape index (κ2) is 6.32. The first-order valence-corrected chi connectivity index (χ1v) is 6.06. The molecule has 0 heterocycles. The molecule has 0 bridgehead atoms. The molecule has 1 unspecified atom stereocenters. The summed E-state index contributed by atoms with van der Waals surface area (Å²) in [5.74, 6) is -1.49. The van der Waals surface area contributed by atoms with Gasteiger partial charge in [0.1, 0.15) is 13.1 Å². The van der Waals surface area contributed by atoms with Crippen LogP contribution in [0.4, 0.5) is 18.0 Å². The van der Waals surface area contributed by atoms with Gasteiger partial charge in [0.05, 0.1) is 0 Å². The summed E-state index contributed by atoms with van der Waals surface area (Å²) >= 11 is 0. The lowest BCUT2D eigenvalue weighted by molar-refractivity contribution is -0.150. The molecule has 0 saturated carbocycles. The lowest BCUT2D eigenvalue weighted by Gasteiger charge is -2.38. The van der Waals surface area contributed by atoms with Gasteiger partial charge in [0.15, 0.2) is 0 Å². The molecular formula is C12H21F3N2O3. The number of carboxylic acid groups (broad SMARTS) is 1. The van der Waals surface area contributed by atoms with Gasteiger partial charge in [-0.3, -0.25) is 4.79 Å². The maximum Gasteiger partial charge on any atom is 0.406 e. The highest BCUT2D eigenvalue weighted by atomic mass is 19.4. The van der Waals surface area contributed by atoms with Crippen molar-refractivity contribution in [3.8, 4) is 0 Å². The maximum atomic E-state index is 12.4. The average Bonchev–Trinajstić information content (AvgIpc) is 2.21. The number of hydrogen-bond donors (Lipinski definition) is 1. The predicted molar refractivity (Wildman–Crippen MR) is 67.3 cm³/mol. The van der Waals surface area contributed by atoms with Crippen molar-refractivity contribution in [1.29, 1.82) is 0 Å². The molecule has 0 saturated heterocycles. The van der Waals surface area contributed by atoms with Gasteiger partial charge in [-0.05, 0) is 12.3 Å². The molecule has 0 aromatic heterocycles. The van der Waals surface area contributed by atoms with Crippen LogP contribution < -0.4 is 0 Å². The molecule has 2 amide bonds. The lowest BCUT2D eigenvalue weighted by Crippen LogP contribution is -2.52. The molecule has 0 aromatic rings. The van der Waals surface area contributed by atoms with E-state index in [0.29, 0.717) is 0 Å². The van der Waals surface area contributed by atoms with Gasteiger partial charge in [-0.2, -0.15) is 13.2 Å². The molecule has 0 aliphatic carbocycles. The van der Waals surface area contributed by atoms with Gasteiger partial charge >= 0.3 is 18.2 Å². The maximum absolute atomic E-state index is 12.4. The number of hydrogen-bond acceptors (Lipinski definition) is 2. The quantitative estimate of drug-likeness (QED) is 0.867. The first-order chi connectivity index (χ1) is 8.75. The number of carbonyl (C=O) groups excluding carboxylic acids is 1. The minimum Gasteiger partial charge on any atom is -0.480 e. The van der Waals surface area contributed by atoms with Gasteiger partial charge in [-0.15, -0.1) is 0 Å². The standard InChI is InChI=1S/C12H21F3N2O3/c1-8(11(2,3)4)16(5)10(20)17(6-9(18)19)7-12(13,14)15/h8H,6-7H2,1-5H3,(H,18,19). The third kappa shape index (κ3) is 6.12. The van der Waals surface area contributed by atoms with E-state index in [-0.39, 0.29) is 16.4 Å². The first kappa shape index (κ1) is 18.5. The zero-order chi connectivity index (χ0) is 16.3. The van der Waals surface area contributed by atoms with E-state index >= 15 is 0 Å². The average molecular weight is 298 g/mol. The molecule has 0 aliphatic rings. The lowest BCUT2D eigenvalue weighted by atomic mass is 9.87. The summed E-state index contributed by atoms with van der Waals surface area (Å²) in [4.78, 5) is 24.1. The highest BCUT2D eigenvalue weighted by Gasteiger charge is 2.37. The van der Waals surface area contributed by atoms with Crippen LogP contribution in [-0.4, -0.2) is 59.3 Å². The Morgan fingerprint density at radius 2 is 1.65 bits per heavy atom. The highest BCUT2D eigenvalue weighted by Crippen LogP contribution is 2.24. The second-order valence-electron chi connectivity index (χ2n) is 5.80. The zero-order valence-electron chi connectivity index (χ0n) is 12.3. The van der Waals surface area contributed by atoms with Gasteiger partial charge in [0.25, 0.3) is 0 Å². The molecule has 8 heteroatoms. The Hall–Kier alpha value is -1.47. The van der Waals surface area contributed by atoms with Crippen molar-refractivity contribution in [1.82, 2.24) is 9.80 Å². The Kier molecular flexibility index (Phi) is 5.86. The van der Waals surface area contributed by atoms with E-state index in [1.54, 1.807) is 6.92 Å². The Labute approximate surface area is 116 Å². The highest BCUT2D eigenvalue weighted by molar-refractivity contribution is 5.80. The number of alkyl halides is 3. The fraction of sp³-hybridized carbons (Fsp3) is 0.833. The van der Waals surface area contributed by atoms with Crippen LogP contribution in [0.3, 0.4) is 0 Å². The van der Waals surface area contributed by atoms with Crippen molar-refractivity contribution in [3.63, 3.8) is 0 Å². The minimum atomic E-state index is -4.64. The number of urea groups is 1. The molecule has 0 aromatic carbocycles. The van der Waals surface area contributed by atoms with Gasteiger partial charge in [-0.1, -0.05) is 20.8 Å². The van der Waals surface area contributed by atoms with Crippen LogP contribution >= 0.6 is 0 Å². The van der Waals surface area contributed by atoms with Gasteiger partial charge in [0.2, 0.25) is 0 Å². The molecule has 0 aliphatic heterocycles. The first-order valence-electron chi connectivity index (χ1n) is 6.06. The van der Waals surface area contributed by atoms with Crippen LogP contribution in [0.25, 0.3) is 0 Å². The van der Waals surface area contributed by atoms with Crippen LogP contribution in [0, 0.1) is 5.41 Å². The molecule has 0 rings (SSSR count). The van der Waals surface area contributed by atoms with E-state index < -0.39 is 31.3 Å². The summed E-state index contributed by atoms with van der Waals surface area (Å²) in [6.45, 7) is 4.65. The van der Waals surface area contributed by atoms with Crippen molar-refractivity contribution >= 4 is 12.0 Å². The summed E-state index contributed by atoms with van der Waals surface area (Å²) in [5, 5.41) is 8.63. The molecule has 20 heavy (non-hydrogen) atoms. The third-order valence-corrected chi connectivity index (χ3v) is 3.10. The normalized spacial score (nSPS) is 13.8. The largest absolute Gasteiger partial charge is 0.480 e. The van der Waals surface area contributed by atoms with E-state index in [2.05, 4.69) is 0 Å². The smallest absolute Gasteiger partial charge is 0.406 e. The summed E-state index contributed by atoms with van der Waals surface area (Å²) in [7, 11) is 1.36. The van der Waals surface area contributed by atoms with Gasteiger partial charge in [0, 0.05) is 13.1 Å². The van der Waals surface area contributed by atoms with E-state index in [4.69, 9.17) is 5.11 Å². The number of rotatable bonds is 4. The number of carbonyl (C=O) groups is 2. The summed E-state index contributed by atoms with van der Waals surface area (Å²) in [6.07, 6.45) is -4.64. The second-order valence-corrected chi connectivity index (χ2v) is 5.80. The molecule has 1 atom stereocenters. The monoisotopic (exact) mass is 298 g/mol. The molecular weight excluding hydrogens is 277 g/mol. The van der Waals surface area contributed by atoms with Gasteiger partial charge in [-0.25, -0.2) is 4.79 Å². The van der Waals surface area contributed by atoms with E-state index in [0.717, 1.165) is 4.90 Å². The van der Waals surface area contributed by atoms with Crippen molar-refractivity contribution in [2.45, 2.75) is 39.9 Å². The fourth-order valence-corrected chi connectivity index (χ4v) is 1.54. The third-order valence-electron chi connectivity index (χ3n) is 3.10. The van der Waals surface area contributed by atoms with Crippen LogP contribution in [0.1, 0.15) is 27.7 Å². The summed E-state index contributed by atoms with van der Waals surface area (Å²) in [6, 6.07) is -1.30. The van der Waals surface area contributed by atoms with E-state index in [1.807, 2.05) is 20.8 Å². The molecule has 0 spiro atoms. The zero-order valence-corrected chi connectivity index (χ0v) is 12.3. The predicted octanol–water partition coefficient (Wildman–Crippen LogP) is 2.42. The fourth-order valence-electron chi connectivity index (χ4n) is 1.54. The molecule has 5 nitrogen and oxygen atoms in total. The van der Waals surface area contributed by atoms with Crippen LogP contribution in [0.5, 0.6) is 0 Å². The van der Waals surface area contributed by atoms with Crippen LogP contribution in [0.2, 0.25) is 0 Å². The minimum absolute atomic E-state index is 0.282. The molecule has 0 radical (unpaired) electrons. The van der Waals surface area contributed by atoms with E-state index in [1.165, 1.54) is 7.05 Å². The molecule has 118 valence electrons. The van der Waals surface area contributed by atoms with Crippen molar-refractivity contribution in [2.75, 3.05) is 20.1 Å². The number of halogens is 3.